The van der Waals surface area contributed by atoms with Crippen molar-refractivity contribution in [2.75, 3.05) is 12.9 Å². The second-order valence-electron chi connectivity index (χ2n) is 4.03. The predicted molar refractivity (Wildman–Crippen MR) is 67.1 cm³/mol. The van der Waals surface area contributed by atoms with Gasteiger partial charge in [0.25, 0.3) is 6.47 Å². The van der Waals surface area contributed by atoms with Crippen molar-refractivity contribution in [2.45, 2.75) is 11.3 Å². The molecule has 2 aromatic rings. The van der Waals surface area contributed by atoms with Gasteiger partial charge in [-0.25, -0.2) is 8.42 Å². The van der Waals surface area contributed by atoms with E-state index in [1.807, 2.05) is 6.07 Å². The van der Waals surface area contributed by atoms with Gasteiger partial charge >= 0.3 is 0 Å². The molecule has 0 unspecified atom stereocenters. The second-order valence-corrected chi connectivity index (χ2v) is 6.05. The van der Waals surface area contributed by atoms with Gasteiger partial charge in [0.05, 0.1) is 11.5 Å². The highest BCUT2D eigenvalue weighted by Gasteiger charge is 2.09. The molecule has 18 heavy (non-hydrogen) atoms. The zero-order valence-corrected chi connectivity index (χ0v) is 10.7. The number of hydrogen-bond acceptors (Lipinski definition) is 4. The molecule has 0 bridgehead atoms. The van der Waals surface area contributed by atoms with Crippen LogP contribution in [-0.2, 0) is 25.8 Å². The molecule has 0 spiro atoms. The van der Waals surface area contributed by atoms with Crippen molar-refractivity contribution in [1.82, 2.24) is 4.98 Å². The molecule has 1 aromatic carbocycles. The highest BCUT2D eigenvalue weighted by molar-refractivity contribution is 7.90. The van der Waals surface area contributed by atoms with Crippen molar-refractivity contribution in [3.05, 3.63) is 30.0 Å². The molecule has 2 rings (SSSR count). The minimum absolute atomic E-state index is 0.296. The Hall–Kier alpha value is -1.82. The zero-order valence-electron chi connectivity index (χ0n) is 9.84. The molecule has 0 fully saturated rings. The monoisotopic (exact) mass is 267 g/mol. The molecule has 0 radical (unpaired) electrons. The van der Waals surface area contributed by atoms with Crippen LogP contribution < -0.4 is 0 Å². The van der Waals surface area contributed by atoms with E-state index in [2.05, 4.69) is 9.72 Å². The van der Waals surface area contributed by atoms with Gasteiger partial charge in [0.15, 0.2) is 9.84 Å². The highest BCUT2D eigenvalue weighted by Crippen LogP contribution is 2.20. The van der Waals surface area contributed by atoms with Crippen LogP contribution in [0, 0.1) is 0 Å². The molecule has 0 saturated carbocycles. The van der Waals surface area contributed by atoms with Crippen LogP contribution >= 0.6 is 0 Å². The summed E-state index contributed by atoms with van der Waals surface area (Å²) in [4.78, 5) is 13.5. The third-order valence-electron chi connectivity index (χ3n) is 2.63. The summed E-state index contributed by atoms with van der Waals surface area (Å²) < 4.78 is 27.5. The Labute approximate surface area is 105 Å². The number of ether oxygens (including phenoxy) is 1. The maximum Gasteiger partial charge on any atom is 0.293 e. The Bertz CT molecular complexity index is 672. The maximum absolute atomic E-state index is 11.4. The number of carbonyl (C=O) groups is 1. The average molecular weight is 267 g/mol. The van der Waals surface area contributed by atoms with E-state index in [0.29, 0.717) is 24.4 Å². The third-order valence-corrected chi connectivity index (χ3v) is 3.74. The molecule has 0 atom stereocenters. The van der Waals surface area contributed by atoms with Crippen molar-refractivity contribution in [2.24, 2.45) is 0 Å². The number of H-pyrrole nitrogens is 1. The first-order chi connectivity index (χ1) is 8.50. The van der Waals surface area contributed by atoms with Crippen LogP contribution in [0.1, 0.15) is 5.69 Å². The topological polar surface area (TPSA) is 76.2 Å². The van der Waals surface area contributed by atoms with E-state index in [1.165, 1.54) is 6.26 Å². The van der Waals surface area contributed by atoms with Gasteiger partial charge in [-0.2, -0.15) is 0 Å². The number of fused-ring (bicyclic) bond motifs is 1. The minimum Gasteiger partial charge on any atom is -0.467 e. The smallest absolute Gasteiger partial charge is 0.293 e. The van der Waals surface area contributed by atoms with Crippen LogP contribution in [0.15, 0.2) is 29.2 Å². The van der Waals surface area contributed by atoms with E-state index >= 15 is 0 Å². The van der Waals surface area contributed by atoms with Gasteiger partial charge < -0.3 is 9.72 Å². The standard InChI is InChI=1S/C12H13NO4S/c1-18(15,16)11-2-3-12-9(7-11)6-10(13-12)4-5-17-8-14/h2-3,6-8,13H,4-5H2,1H3. The van der Waals surface area contributed by atoms with Crippen LogP contribution in [0.25, 0.3) is 10.9 Å². The van der Waals surface area contributed by atoms with E-state index in [0.717, 1.165) is 16.6 Å². The molecule has 1 aromatic heterocycles. The molecule has 0 aliphatic rings. The first kappa shape index (κ1) is 12.6. The van der Waals surface area contributed by atoms with E-state index in [1.54, 1.807) is 18.2 Å². The normalized spacial score (nSPS) is 11.6. The van der Waals surface area contributed by atoms with Crippen LogP contribution in [0.5, 0.6) is 0 Å². The van der Waals surface area contributed by atoms with E-state index < -0.39 is 9.84 Å². The third kappa shape index (κ3) is 2.70. The Morgan fingerprint density at radius 2 is 2.11 bits per heavy atom. The van der Waals surface area contributed by atoms with Crippen molar-refractivity contribution >= 4 is 27.2 Å². The Morgan fingerprint density at radius 1 is 1.33 bits per heavy atom. The Kier molecular flexibility index (Phi) is 3.38. The van der Waals surface area contributed by atoms with Gasteiger partial charge in [0, 0.05) is 29.3 Å². The Morgan fingerprint density at radius 3 is 2.78 bits per heavy atom. The highest BCUT2D eigenvalue weighted by atomic mass is 32.2. The number of carbonyl (C=O) groups excluding carboxylic acids is 1. The largest absolute Gasteiger partial charge is 0.467 e. The van der Waals surface area contributed by atoms with Crippen LogP contribution in [0.4, 0.5) is 0 Å². The summed E-state index contributed by atoms with van der Waals surface area (Å²) in [6, 6.07) is 6.79. The number of aromatic nitrogens is 1. The molecular formula is C12H13NO4S. The summed E-state index contributed by atoms with van der Waals surface area (Å²) in [5.74, 6) is 0. The summed E-state index contributed by atoms with van der Waals surface area (Å²) in [5.41, 5.74) is 1.76. The number of nitrogens with one attached hydrogen (secondary N) is 1. The number of aromatic amines is 1. The van der Waals surface area contributed by atoms with Gasteiger partial charge in [-0.15, -0.1) is 0 Å². The molecule has 6 heteroatoms. The Balaban J connectivity index is 2.31. The predicted octanol–water partition coefficient (Wildman–Crippen LogP) is 1.29. The molecule has 0 aliphatic heterocycles. The number of rotatable bonds is 5. The van der Waals surface area contributed by atoms with Gasteiger partial charge in [0.2, 0.25) is 0 Å². The fraction of sp³-hybridized carbons (Fsp3) is 0.250. The number of hydrogen-bond donors (Lipinski definition) is 1. The van der Waals surface area contributed by atoms with Gasteiger partial charge in [-0.05, 0) is 24.3 Å². The molecular weight excluding hydrogens is 254 g/mol. The summed E-state index contributed by atoms with van der Waals surface area (Å²) >= 11 is 0. The molecule has 1 heterocycles. The molecule has 0 saturated heterocycles. The zero-order chi connectivity index (χ0) is 13.2. The van der Waals surface area contributed by atoms with Crippen LogP contribution in [0.2, 0.25) is 0 Å². The van der Waals surface area contributed by atoms with Crippen molar-refractivity contribution in [3.63, 3.8) is 0 Å². The lowest BCUT2D eigenvalue weighted by Gasteiger charge is -1.97. The quantitative estimate of drug-likeness (QED) is 0.654. The molecule has 0 amide bonds. The summed E-state index contributed by atoms with van der Waals surface area (Å²) in [5, 5.41) is 0.832. The van der Waals surface area contributed by atoms with Crippen LogP contribution in [0.3, 0.4) is 0 Å². The summed E-state index contributed by atoms with van der Waals surface area (Å²) in [6.07, 6.45) is 1.75. The first-order valence-electron chi connectivity index (χ1n) is 5.37. The fourth-order valence-corrected chi connectivity index (χ4v) is 2.41. The van der Waals surface area contributed by atoms with Crippen molar-refractivity contribution in [1.29, 1.82) is 0 Å². The average Bonchev–Trinajstić information content (AvgIpc) is 2.69. The first-order valence-corrected chi connectivity index (χ1v) is 7.27. The van der Waals surface area contributed by atoms with Crippen molar-refractivity contribution < 1.29 is 17.9 Å². The molecule has 0 aliphatic carbocycles. The van der Waals surface area contributed by atoms with Crippen molar-refractivity contribution in [3.8, 4) is 0 Å². The maximum atomic E-state index is 11.4. The second kappa shape index (κ2) is 4.81. The van der Waals surface area contributed by atoms with Gasteiger partial charge in [0.1, 0.15) is 0 Å². The van der Waals surface area contributed by atoms with Crippen LogP contribution in [-0.4, -0.2) is 32.7 Å². The molecule has 1 N–H and O–H groups in total. The number of sulfone groups is 1. The summed E-state index contributed by atoms with van der Waals surface area (Å²) in [7, 11) is -3.19. The minimum atomic E-state index is -3.19. The van der Waals surface area contributed by atoms with E-state index in [-0.39, 0.29) is 0 Å². The van der Waals surface area contributed by atoms with E-state index in [9.17, 15) is 13.2 Å². The number of benzene rings is 1. The van der Waals surface area contributed by atoms with E-state index in [4.69, 9.17) is 0 Å². The molecule has 96 valence electrons. The SMILES string of the molecule is CS(=O)(=O)c1ccc2[nH]c(CCOC=O)cc2c1. The molecule has 5 nitrogen and oxygen atoms in total. The lowest BCUT2D eigenvalue weighted by molar-refractivity contribution is -0.128. The van der Waals surface area contributed by atoms with Gasteiger partial charge in [-0.3, -0.25) is 4.79 Å². The lowest BCUT2D eigenvalue weighted by atomic mass is 10.2. The summed E-state index contributed by atoms with van der Waals surface area (Å²) in [6.45, 7) is 0.708. The lowest BCUT2D eigenvalue weighted by Crippen LogP contribution is -1.96. The fourth-order valence-electron chi connectivity index (χ4n) is 1.75. The van der Waals surface area contributed by atoms with Gasteiger partial charge in [-0.1, -0.05) is 0 Å².